The molecule has 0 radical (unpaired) electrons. The topological polar surface area (TPSA) is 28.2 Å². The van der Waals surface area contributed by atoms with Crippen molar-refractivity contribution in [2.75, 3.05) is 36.5 Å². The average Bonchev–Trinajstić information content (AvgIpc) is 2.78. The summed E-state index contributed by atoms with van der Waals surface area (Å²) in [6, 6.07) is 0.412. The van der Waals surface area contributed by atoms with Crippen LogP contribution in [0.1, 0.15) is 17.8 Å². The summed E-state index contributed by atoms with van der Waals surface area (Å²) in [6.45, 7) is 4.46. The molecule has 1 aliphatic rings. The molecule has 1 aromatic rings. The highest BCUT2D eigenvalue weighted by atomic mass is 32.2. The zero-order valence-corrected chi connectivity index (χ0v) is 10.8. The van der Waals surface area contributed by atoms with E-state index >= 15 is 0 Å². The third kappa shape index (κ3) is 2.65. The number of rotatable bonds is 3. The van der Waals surface area contributed by atoms with E-state index in [1.807, 2.05) is 36.3 Å². The van der Waals surface area contributed by atoms with E-state index in [2.05, 4.69) is 22.1 Å². The summed E-state index contributed by atoms with van der Waals surface area (Å²) in [5.41, 5.74) is 0. The van der Waals surface area contributed by atoms with Gasteiger partial charge in [-0.3, -0.25) is 0 Å². The third-order valence-electron chi connectivity index (χ3n) is 2.65. The molecule has 0 bridgehead atoms. The standard InChI is InChI=1S/C10H17N3S2/c1-8(11-2)9-7-12-10(15-9)13-3-5-14-6-4-13/h7-8,11H,3-6H2,1-2H3. The Morgan fingerprint density at radius 3 is 2.87 bits per heavy atom. The fourth-order valence-corrected chi connectivity index (χ4v) is 3.45. The van der Waals surface area contributed by atoms with E-state index in [4.69, 9.17) is 0 Å². The van der Waals surface area contributed by atoms with Crippen LogP contribution in [0.2, 0.25) is 0 Å². The molecule has 15 heavy (non-hydrogen) atoms. The quantitative estimate of drug-likeness (QED) is 0.878. The molecule has 2 rings (SSSR count). The van der Waals surface area contributed by atoms with Crippen LogP contribution in [0.25, 0.3) is 0 Å². The summed E-state index contributed by atoms with van der Waals surface area (Å²) >= 11 is 3.85. The van der Waals surface area contributed by atoms with E-state index in [0.717, 1.165) is 13.1 Å². The van der Waals surface area contributed by atoms with Gasteiger partial charge in [-0.2, -0.15) is 11.8 Å². The first-order chi connectivity index (χ1) is 7.31. The normalized spacial score (nSPS) is 19.2. The summed E-state index contributed by atoms with van der Waals surface area (Å²) in [5, 5.41) is 4.43. The molecule has 1 saturated heterocycles. The van der Waals surface area contributed by atoms with Crippen molar-refractivity contribution in [3.8, 4) is 0 Å². The van der Waals surface area contributed by atoms with Crippen molar-refractivity contribution in [2.45, 2.75) is 13.0 Å². The third-order valence-corrected chi connectivity index (χ3v) is 4.84. The van der Waals surface area contributed by atoms with Gasteiger partial charge in [0.05, 0.1) is 0 Å². The molecule has 1 unspecified atom stereocenters. The maximum Gasteiger partial charge on any atom is 0.185 e. The Kier molecular flexibility index (Phi) is 3.88. The van der Waals surface area contributed by atoms with Crippen LogP contribution >= 0.6 is 23.1 Å². The predicted octanol–water partition coefficient (Wildman–Crippen LogP) is 1.98. The van der Waals surface area contributed by atoms with Gasteiger partial charge in [0.2, 0.25) is 0 Å². The lowest BCUT2D eigenvalue weighted by Crippen LogP contribution is -2.32. The Labute approximate surface area is 99.3 Å². The van der Waals surface area contributed by atoms with Crippen molar-refractivity contribution in [1.82, 2.24) is 10.3 Å². The van der Waals surface area contributed by atoms with E-state index < -0.39 is 0 Å². The van der Waals surface area contributed by atoms with Gasteiger partial charge in [-0.25, -0.2) is 4.98 Å². The molecule has 0 spiro atoms. The summed E-state index contributed by atoms with van der Waals surface area (Å²) in [5.74, 6) is 2.47. The van der Waals surface area contributed by atoms with Gasteiger partial charge in [0.15, 0.2) is 5.13 Å². The van der Waals surface area contributed by atoms with Gasteiger partial charge in [-0.15, -0.1) is 11.3 Å². The Bertz CT molecular complexity index is 307. The molecule has 1 atom stereocenters. The van der Waals surface area contributed by atoms with Crippen molar-refractivity contribution in [2.24, 2.45) is 0 Å². The molecule has 0 amide bonds. The molecule has 5 heteroatoms. The van der Waals surface area contributed by atoms with Crippen LogP contribution in [0, 0.1) is 0 Å². The molecule has 0 aliphatic carbocycles. The van der Waals surface area contributed by atoms with Crippen molar-refractivity contribution >= 4 is 28.2 Å². The van der Waals surface area contributed by atoms with Crippen LogP contribution in [0.3, 0.4) is 0 Å². The van der Waals surface area contributed by atoms with Crippen molar-refractivity contribution in [3.63, 3.8) is 0 Å². The van der Waals surface area contributed by atoms with Gasteiger partial charge in [-0.05, 0) is 14.0 Å². The highest BCUT2D eigenvalue weighted by Crippen LogP contribution is 2.28. The van der Waals surface area contributed by atoms with Crippen LogP contribution in [0.15, 0.2) is 6.20 Å². The number of anilines is 1. The largest absolute Gasteiger partial charge is 0.346 e. The fourth-order valence-electron chi connectivity index (χ4n) is 1.52. The number of nitrogens with one attached hydrogen (secondary N) is 1. The van der Waals surface area contributed by atoms with Crippen LogP contribution in [0.4, 0.5) is 5.13 Å². The van der Waals surface area contributed by atoms with Crippen LogP contribution in [0.5, 0.6) is 0 Å². The molecule has 3 nitrogen and oxygen atoms in total. The number of thiazole rings is 1. The number of nitrogens with zero attached hydrogens (tertiary/aromatic N) is 2. The van der Waals surface area contributed by atoms with Crippen LogP contribution < -0.4 is 10.2 Å². The second-order valence-electron chi connectivity index (χ2n) is 3.65. The number of hydrogen-bond acceptors (Lipinski definition) is 5. The first-order valence-corrected chi connectivity index (χ1v) is 7.24. The lowest BCUT2D eigenvalue weighted by Gasteiger charge is -2.25. The second-order valence-corrected chi connectivity index (χ2v) is 5.92. The minimum Gasteiger partial charge on any atom is -0.346 e. The van der Waals surface area contributed by atoms with Crippen molar-refractivity contribution in [3.05, 3.63) is 11.1 Å². The molecule has 1 aromatic heterocycles. The van der Waals surface area contributed by atoms with Gasteiger partial charge in [-0.1, -0.05) is 0 Å². The van der Waals surface area contributed by atoms with Gasteiger partial charge >= 0.3 is 0 Å². The Morgan fingerprint density at radius 2 is 2.20 bits per heavy atom. The summed E-state index contributed by atoms with van der Waals surface area (Å²) in [6.07, 6.45) is 2.00. The molecular formula is C10H17N3S2. The van der Waals surface area contributed by atoms with Gasteiger partial charge < -0.3 is 10.2 Å². The molecular weight excluding hydrogens is 226 g/mol. The van der Waals surface area contributed by atoms with Gasteiger partial charge in [0.1, 0.15) is 0 Å². The fraction of sp³-hybridized carbons (Fsp3) is 0.700. The Hall–Kier alpha value is -0.260. The molecule has 0 aromatic carbocycles. The highest BCUT2D eigenvalue weighted by molar-refractivity contribution is 7.99. The van der Waals surface area contributed by atoms with E-state index in [0.29, 0.717) is 6.04 Å². The molecule has 1 aliphatic heterocycles. The van der Waals surface area contributed by atoms with Crippen LogP contribution in [-0.2, 0) is 0 Å². The number of thioether (sulfide) groups is 1. The zero-order chi connectivity index (χ0) is 10.7. The molecule has 0 saturated carbocycles. The lowest BCUT2D eigenvalue weighted by atomic mass is 10.3. The van der Waals surface area contributed by atoms with Gasteiger partial charge in [0.25, 0.3) is 0 Å². The average molecular weight is 243 g/mol. The highest BCUT2D eigenvalue weighted by Gasteiger charge is 2.15. The van der Waals surface area contributed by atoms with E-state index in [1.54, 1.807) is 0 Å². The molecule has 2 heterocycles. The molecule has 1 fully saturated rings. The monoisotopic (exact) mass is 243 g/mol. The number of hydrogen-bond donors (Lipinski definition) is 1. The SMILES string of the molecule is CNC(C)c1cnc(N2CCSCC2)s1. The van der Waals surface area contributed by atoms with Crippen molar-refractivity contribution in [1.29, 1.82) is 0 Å². The molecule has 1 N–H and O–H groups in total. The Balaban J connectivity index is 2.05. The summed E-state index contributed by atoms with van der Waals surface area (Å²) < 4.78 is 0. The maximum atomic E-state index is 4.50. The first-order valence-electron chi connectivity index (χ1n) is 5.27. The minimum absolute atomic E-state index is 0.412. The lowest BCUT2D eigenvalue weighted by molar-refractivity contribution is 0.662. The summed E-state index contributed by atoms with van der Waals surface area (Å²) in [7, 11) is 1.99. The second kappa shape index (κ2) is 5.18. The van der Waals surface area contributed by atoms with Gasteiger partial charge in [0, 0.05) is 41.7 Å². The van der Waals surface area contributed by atoms with E-state index in [9.17, 15) is 0 Å². The Morgan fingerprint density at radius 1 is 1.47 bits per heavy atom. The maximum absolute atomic E-state index is 4.50. The first kappa shape index (κ1) is 11.2. The minimum atomic E-state index is 0.412. The molecule has 84 valence electrons. The number of aromatic nitrogens is 1. The van der Waals surface area contributed by atoms with Crippen LogP contribution in [-0.4, -0.2) is 36.6 Å². The van der Waals surface area contributed by atoms with E-state index in [-0.39, 0.29) is 0 Å². The predicted molar refractivity (Wildman–Crippen MR) is 69.1 cm³/mol. The van der Waals surface area contributed by atoms with E-state index in [1.165, 1.54) is 21.5 Å². The zero-order valence-electron chi connectivity index (χ0n) is 9.19. The van der Waals surface area contributed by atoms with Crippen molar-refractivity contribution < 1.29 is 0 Å². The smallest absolute Gasteiger partial charge is 0.185 e. The summed E-state index contributed by atoms with van der Waals surface area (Å²) in [4.78, 5) is 8.22.